The van der Waals surface area contributed by atoms with Crippen LogP contribution in [-0.2, 0) is 14.8 Å². The van der Waals surface area contributed by atoms with E-state index >= 15 is 0 Å². The van der Waals surface area contributed by atoms with Crippen molar-refractivity contribution in [2.24, 2.45) is 5.92 Å². The average Bonchev–Trinajstić information content (AvgIpc) is 2.79. The molecule has 0 bridgehead atoms. The normalized spacial score (nSPS) is 20.1. The number of amides is 1. The van der Waals surface area contributed by atoms with Gasteiger partial charge in [0.2, 0.25) is 15.9 Å². The zero-order valence-corrected chi connectivity index (χ0v) is 18.7. The highest BCUT2D eigenvalue weighted by Crippen LogP contribution is 2.28. The minimum atomic E-state index is -3.66. The molecule has 32 heavy (non-hydrogen) atoms. The molecule has 1 saturated carbocycles. The van der Waals surface area contributed by atoms with Gasteiger partial charge < -0.3 is 5.32 Å². The van der Waals surface area contributed by atoms with Gasteiger partial charge in [0.1, 0.15) is 5.82 Å². The van der Waals surface area contributed by atoms with Crippen LogP contribution in [0.25, 0.3) is 10.8 Å². The van der Waals surface area contributed by atoms with E-state index in [0.717, 1.165) is 10.9 Å². The summed E-state index contributed by atoms with van der Waals surface area (Å²) in [6, 6.07) is 18.4. The second-order valence-corrected chi connectivity index (χ2v) is 10.1. The second-order valence-electron chi connectivity index (χ2n) is 8.43. The van der Waals surface area contributed by atoms with Crippen LogP contribution in [0.1, 0.15) is 44.2 Å². The Balaban J connectivity index is 1.35. The highest BCUT2D eigenvalue weighted by Gasteiger charge is 2.30. The summed E-state index contributed by atoms with van der Waals surface area (Å²) in [4.78, 5) is 13.0. The van der Waals surface area contributed by atoms with E-state index in [1.54, 1.807) is 24.3 Å². The molecule has 1 aliphatic rings. The molecule has 4 rings (SSSR count). The first-order valence-electron chi connectivity index (χ1n) is 10.9. The summed E-state index contributed by atoms with van der Waals surface area (Å²) in [6.07, 6.45) is 2.44. The second kappa shape index (κ2) is 9.38. The van der Waals surface area contributed by atoms with Crippen LogP contribution < -0.4 is 10.0 Å². The van der Waals surface area contributed by atoms with Crippen molar-refractivity contribution < 1.29 is 17.6 Å². The van der Waals surface area contributed by atoms with Crippen molar-refractivity contribution >= 4 is 26.7 Å². The summed E-state index contributed by atoms with van der Waals surface area (Å²) in [5.41, 5.74) is 0.844. The molecule has 1 fully saturated rings. The molecule has 5 nitrogen and oxygen atoms in total. The number of sulfonamides is 1. The summed E-state index contributed by atoms with van der Waals surface area (Å²) in [5, 5.41) is 4.57. The molecule has 0 spiro atoms. The molecule has 0 aromatic heterocycles. The fraction of sp³-hybridized carbons (Fsp3) is 0.320. The quantitative estimate of drug-likeness (QED) is 0.567. The Hall–Kier alpha value is -2.77. The summed E-state index contributed by atoms with van der Waals surface area (Å²) in [7, 11) is -3.66. The Bertz CT molecular complexity index is 1200. The molecule has 0 aliphatic heterocycles. The van der Waals surface area contributed by atoms with E-state index in [1.807, 2.05) is 37.3 Å². The Kier molecular flexibility index (Phi) is 6.58. The molecule has 1 amide bonds. The predicted molar refractivity (Wildman–Crippen MR) is 123 cm³/mol. The standard InChI is InChI=1S/C25H27FN2O3S/c1-17(18-9-13-21(26)14-10-18)27-25(29)20-11-15-22(16-12-20)28-32(30,31)24-8-4-6-19-5-2-3-7-23(19)24/h2-10,13-14,17,20,22,28H,11-12,15-16H2,1H3,(H,27,29)/t17-,20?,22?/m1/s1. The van der Waals surface area contributed by atoms with Crippen molar-refractivity contribution in [3.63, 3.8) is 0 Å². The molecule has 0 radical (unpaired) electrons. The molecule has 0 unspecified atom stereocenters. The van der Waals surface area contributed by atoms with Gasteiger partial charge in [-0.15, -0.1) is 0 Å². The van der Waals surface area contributed by atoms with Gasteiger partial charge in [-0.3, -0.25) is 4.79 Å². The third-order valence-corrected chi connectivity index (χ3v) is 7.77. The van der Waals surface area contributed by atoms with Crippen LogP contribution in [0.5, 0.6) is 0 Å². The van der Waals surface area contributed by atoms with Crippen molar-refractivity contribution in [2.45, 2.75) is 49.6 Å². The monoisotopic (exact) mass is 454 g/mol. The van der Waals surface area contributed by atoms with Crippen LogP contribution in [0.15, 0.2) is 71.6 Å². The van der Waals surface area contributed by atoms with Gasteiger partial charge in [0.25, 0.3) is 0 Å². The highest BCUT2D eigenvalue weighted by atomic mass is 32.2. The molecule has 1 aliphatic carbocycles. The number of fused-ring (bicyclic) bond motifs is 1. The van der Waals surface area contributed by atoms with Gasteiger partial charge in [-0.2, -0.15) is 0 Å². The number of hydrogen-bond donors (Lipinski definition) is 2. The van der Waals surface area contributed by atoms with E-state index in [9.17, 15) is 17.6 Å². The molecular weight excluding hydrogens is 427 g/mol. The lowest BCUT2D eigenvalue weighted by molar-refractivity contribution is -0.126. The number of benzene rings is 3. The Morgan fingerprint density at radius 3 is 2.31 bits per heavy atom. The molecule has 3 aromatic rings. The summed E-state index contributed by atoms with van der Waals surface area (Å²) >= 11 is 0. The Morgan fingerprint density at radius 2 is 1.59 bits per heavy atom. The molecule has 1 atom stereocenters. The SMILES string of the molecule is C[C@@H](NC(=O)C1CCC(NS(=O)(=O)c2cccc3ccccc23)CC1)c1ccc(F)cc1. The molecule has 168 valence electrons. The van der Waals surface area contributed by atoms with Crippen LogP contribution >= 0.6 is 0 Å². The number of hydrogen-bond acceptors (Lipinski definition) is 3. The zero-order valence-electron chi connectivity index (χ0n) is 17.9. The fourth-order valence-electron chi connectivity index (χ4n) is 4.35. The van der Waals surface area contributed by atoms with Gasteiger partial charge in [0.15, 0.2) is 0 Å². The van der Waals surface area contributed by atoms with Crippen molar-refractivity contribution in [2.75, 3.05) is 0 Å². The van der Waals surface area contributed by atoms with Gasteiger partial charge in [0, 0.05) is 17.3 Å². The molecule has 0 saturated heterocycles. The lowest BCUT2D eigenvalue weighted by atomic mass is 9.85. The van der Waals surface area contributed by atoms with Crippen LogP contribution in [0.3, 0.4) is 0 Å². The van der Waals surface area contributed by atoms with Gasteiger partial charge in [-0.05, 0) is 61.8 Å². The number of halogens is 1. The average molecular weight is 455 g/mol. The minimum absolute atomic E-state index is 0.0443. The van der Waals surface area contributed by atoms with Crippen LogP contribution in [0, 0.1) is 11.7 Å². The van der Waals surface area contributed by atoms with E-state index in [0.29, 0.717) is 31.1 Å². The van der Waals surface area contributed by atoms with E-state index in [2.05, 4.69) is 10.0 Å². The largest absolute Gasteiger partial charge is 0.349 e. The van der Waals surface area contributed by atoms with Crippen LogP contribution in [0.2, 0.25) is 0 Å². The van der Waals surface area contributed by atoms with Gasteiger partial charge in [0.05, 0.1) is 10.9 Å². The maximum Gasteiger partial charge on any atom is 0.241 e. The molecule has 2 N–H and O–H groups in total. The number of carbonyl (C=O) groups is 1. The highest BCUT2D eigenvalue weighted by molar-refractivity contribution is 7.89. The topological polar surface area (TPSA) is 75.3 Å². The first-order chi connectivity index (χ1) is 15.3. The van der Waals surface area contributed by atoms with Crippen LogP contribution in [-0.4, -0.2) is 20.4 Å². The number of carbonyl (C=O) groups excluding carboxylic acids is 1. The van der Waals surface area contributed by atoms with Gasteiger partial charge in [-0.1, -0.05) is 48.5 Å². The number of nitrogens with one attached hydrogen (secondary N) is 2. The van der Waals surface area contributed by atoms with Crippen molar-refractivity contribution in [1.82, 2.24) is 10.0 Å². The lowest BCUT2D eigenvalue weighted by Crippen LogP contribution is -2.41. The summed E-state index contributed by atoms with van der Waals surface area (Å²) in [5.74, 6) is -0.509. The molecule has 7 heteroatoms. The van der Waals surface area contributed by atoms with Crippen molar-refractivity contribution in [3.8, 4) is 0 Å². The minimum Gasteiger partial charge on any atom is -0.349 e. The maximum absolute atomic E-state index is 13.1. The van der Waals surface area contributed by atoms with Crippen molar-refractivity contribution in [3.05, 3.63) is 78.1 Å². The van der Waals surface area contributed by atoms with E-state index in [1.165, 1.54) is 12.1 Å². The van der Waals surface area contributed by atoms with Gasteiger partial charge in [-0.25, -0.2) is 17.5 Å². The zero-order chi connectivity index (χ0) is 22.7. The third kappa shape index (κ3) is 5.00. The summed E-state index contributed by atoms with van der Waals surface area (Å²) < 4.78 is 42.0. The van der Waals surface area contributed by atoms with E-state index in [4.69, 9.17) is 0 Å². The Labute approximate surface area is 188 Å². The third-order valence-electron chi connectivity index (χ3n) is 6.19. The fourth-order valence-corrected chi connectivity index (χ4v) is 5.89. The smallest absolute Gasteiger partial charge is 0.241 e. The molecule has 3 aromatic carbocycles. The van der Waals surface area contributed by atoms with Crippen molar-refractivity contribution in [1.29, 1.82) is 0 Å². The summed E-state index contributed by atoms with van der Waals surface area (Å²) in [6.45, 7) is 1.87. The van der Waals surface area contributed by atoms with Gasteiger partial charge >= 0.3 is 0 Å². The first-order valence-corrected chi connectivity index (χ1v) is 12.4. The van der Waals surface area contributed by atoms with Crippen LogP contribution in [0.4, 0.5) is 4.39 Å². The predicted octanol–water partition coefficient (Wildman–Crippen LogP) is 4.69. The van der Waals surface area contributed by atoms with E-state index < -0.39 is 10.0 Å². The lowest BCUT2D eigenvalue weighted by Gasteiger charge is -2.29. The maximum atomic E-state index is 13.1. The molecular formula is C25H27FN2O3S. The number of rotatable bonds is 6. The van der Waals surface area contributed by atoms with E-state index in [-0.39, 0.29) is 34.6 Å². The Morgan fingerprint density at radius 1 is 0.938 bits per heavy atom. The first kappa shape index (κ1) is 22.4. The molecule has 0 heterocycles.